The molecule has 28 heavy (non-hydrogen) atoms. The van der Waals surface area contributed by atoms with E-state index in [-0.39, 0.29) is 22.8 Å². The van der Waals surface area contributed by atoms with Crippen molar-refractivity contribution in [3.8, 4) is 5.75 Å². The van der Waals surface area contributed by atoms with Crippen LogP contribution in [0.2, 0.25) is 0 Å². The Morgan fingerprint density at radius 1 is 1.36 bits per heavy atom. The lowest BCUT2D eigenvalue weighted by molar-refractivity contribution is 0.102. The number of hydrogen-bond acceptors (Lipinski definition) is 6. The van der Waals surface area contributed by atoms with E-state index in [2.05, 4.69) is 6.92 Å². The van der Waals surface area contributed by atoms with Crippen molar-refractivity contribution in [1.82, 2.24) is 9.55 Å². The molecule has 0 saturated carbocycles. The summed E-state index contributed by atoms with van der Waals surface area (Å²) in [6.07, 6.45) is 3.08. The number of benzene rings is 1. The van der Waals surface area contributed by atoms with Gasteiger partial charge in [0.25, 0.3) is 5.56 Å². The van der Waals surface area contributed by atoms with Crippen molar-refractivity contribution >= 4 is 39.1 Å². The van der Waals surface area contributed by atoms with Gasteiger partial charge in [0.1, 0.15) is 10.6 Å². The molecule has 0 radical (unpaired) electrons. The van der Waals surface area contributed by atoms with Gasteiger partial charge in [-0.05, 0) is 61.9 Å². The number of nitrogens with zero attached hydrogens (tertiary/aromatic N) is 2. The molecule has 0 aliphatic heterocycles. The van der Waals surface area contributed by atoms with E-state index in [1.165, 1.54) is 34.3 Å². The van der Waals surface area contributed by atoms with Gasteiger partial charge in [-0.25, -0.2) is 4.98 Å². The van der Waals surface area contributed by atoms with Gasteiger partial charge in [-0.2, -0.15) is 0 Å². The van der Waals surface area contributed by atoms with E-state index in [1.807, 2.05) is 6.92 Å². The minimum absolute atomic E-state index is 0.0131. The number of carbonyl (C=O) groups is 1. The van der Waals surface area contributed by atoms with Crippen LogP contribution in [0, 0.1) is 5.92 Å². The van der Waals surface area contributed by atoms with Crippen LogP contribution in [0.4, 0.5) is 0 Å². The second kappa shape index (κ2) is 7.72. The molecule has 1 N–H and O–H groups in total. The molecule has 1 aliphatic rings. The summed E-state index contributed by atoms with van der Waals surface area (Å²) in [5.74, 6) is 0.921. The highest BCUT2D eigenvalue weighted by molar-refractivity contribution is 7.99. The number of hydrogen-bond donors (Lipinski definition) is 1. The molecule has 0 unspecified atom stereocenters. The molecule has 0 fully saturated rings. The highest BCUT2D eigenvalue weighted by Crippen LogP contribution is 2.36. The van der Waals surface area contributed by atoms with Crippen molar-refractivity contribution < 1.29 is 9.90 Å². The highest BCUT2D eigenvalue weighted by Gasteiger charge is 2.24. The van der Waals surface area contributed by atoms with Gasteiger partial charge in [-0.15, -0.1) is 11.3 Å². The van der Waals surface area contributed by atoms with Gasteiger partial charge < -0.3 is 5.11 Å². The first kappa shape index (κ1) is 19.2. The summed E-state index contributed by atoms with van der Waals surface area (Å²) < 4.78 is 1.68. The Labute approximate surface area is 171 Å². The first-order valence-corrected chi connectivity index (χ1v) is 11.3. The number of aromatic nitrogens is 2. The molecule has 1 aliphatic carbocycles. The summed E-state index contributed by atoms with van der Waals surface area (Å²) in [5, 5.41) is 10.7. The summed E-state index contributed by atoms with van der Waals surface area (Å²) in [7, 11) is 0. The number of ketones is 1. The second-order valence-electron chi connectivity index (χ2n) is 7.23. The summed E-state index contributed by atoms with van der Waals surface area (Å²) in [6.45, 7) is 4.71. The van der Waals surface area contributed by atoms with E-state index in [1.54, 1.807) is 28.0 Å². The van der Waals surface area contributed by atoms with Gasteiger partial charge in [0, 0.05) is 17.0 Å². The number of carbonyl (C=O) groups excluding carboxylic acids is 1. The van der Waals surface area contributed by atoms with Crippen LogP contribution in [0.25, 0.3) is 10.2 Å². The van der Waals surface area contributed by atoms with Crippen LogP contribution in [0.3, 0.4) is 0 Å². The van der Waals surface area contributed by atoms with Gasteiger partial charge in [0.15, 0.2) is 10.9 Å². The van der Waals surface area contributed by atoms with Crippen LogP contribution in [0.15, 0.2) is 34.2 Å². The minimum atomic E-state index is -0.0544. The fourth-order valence-electron chi connectivity index (χ4n) is 3.65. The summed E-state index contributed by atoms with van der Waals surface area (Å²) >= 11 is 2.93. The maximum Gasteiger partial charge on any atom is 0.263 e. The van der Waals surface area contributed by atoms with Gasteiger partial charge >= 0.3 is 0 Å². The number of Topliss-reactive ketones (excluding diaryl/α,β-unsaturated/α-hetero) is 1. The fraction of sp³-hybridized carbons (Fsp3) is 0.381. The maximum absolute atomic E-state index is 13.2. The minimum Gasteiger partial charge on any atom is -0.508 e. The van der Waals surface area contributed by atoms with Gasteiger partial charge in [-0.1, -0.05) is 18.7 Å². The Morgan fingerprint density at radius 2 is 2.11 bits per heavy atom. The number of thiophene rings is 1. The average Bonchev–Trinajstić information content (AvgIpc) is 3.04. The molecule has 0 bridgehead atoms. The zero-order valence-corrected chi connectivity index (χ0v) is 17.5. The molecule has 4 rings (SSSR count). The summed E-state index contributed by atoms with van der Waals surface area (Å²) in [4.78, 5) is 32.5. The first-order valence-electron chi connectivity index (χ1n) is 9.48. The number of aromatic hydroxyl groups is 1. The quantitative estimate of drug-likeness (QED) is 0.383. The van der Waals surface area contributed by atoms with Crippen molar-refractivity contribution in [3.63, 3.8) is 0 Å². The fourth-order valence-corrected chi connectivity index (χ4v) is 6.04. The molecule has 146 valence electrons. The van der Waals surface area contributed by atoms with Crippen molar-refractivity contribution in [2.75, 3.05) is 5.75 Å². The molecule has 0 spiro atoms. The van der Waals surface area contributed by atoms with E-state index in [0.29, 0.717) is 23.2 Å². The van der Waals surface area contributed by atoms with Crippen LogP contribution in [0.5, 0.6) is 5.75 Å². The lowest BCUT2D eigenvalue weighted by Gasteiger charge is -2.17. The zero-order chi connectivity index (χ0) is 19.8. The van der Waals surface area contributed by atoms with Crippen LogP contribution in [-0.4, -0.2) is 26.2 Å². The van der Waals surface area contributed by atoms with Gasteiger partial charge in [0.05, 0.1) is 11.1 Å². The number of phenolic OH excluding ortho intramolecular Hbond substituents is 1. The molecule has 0 amide bonds. The number of fused-ring (bicyclic) bond motifs is 3. The van der Waals surface area contributed by atoms with Crippen molar-refractivity contribution in [3.05, 3.63) is 50.6 Å². The standard InChI is InChI=1S/C21H22N2O3S2/c1-3-23-20(26)18-15-9-4-12(2)10-17(15)28-19(18)22-21(23)27-11-16(25)13-5-7-14(24)8-6-13/h5-8,12,24H,3-4,9-11H2,1-2H3/t12-/m1/s1. The predicted octanol–water partition coefficient (Wildman–Crippen LogP) is 4.28. The van der Waals surface area contributed by atoms with Crippen LogP contribution < -0.4 is 5.56 Å². The molecular formula is C21H22N2O3S2. The number of phenols is 1. The topological polar surface area (TPSA) is 72.2 Å². The smallest absolute Gasteiger partial charge is 0.263 e. The van der Waals surface area contributed by atoms with Crippen LogP contribution >= 0.6 is 23.1 Å². The Balaban J connectivity index is 1.66. The third kappa shape index (κ3) is 3.49. The first-order chi connectivity index (χ1) is 13.5. The largest absolute Gasteiger partial charge is 0.508 e. The normalized spacial score (nSPS) is 16.3. The number of thioether (sulfide) groups is 1. The zero-order valence-electron chi connectivity index (χ0n) is 15.9. The van der Waals surface area contributed by atoms with Crippen LogP contribution in [0.1, 0.15) is 41.1 Å². The molecular weight excluding hydrogens is 392 g/mol. The van der Waals surface area contributed by atoms with Gasteiger partial charge in [0.2, 0.25) is 0 Å². The molecule has 2 heterocycles. The summed E-state index contributed by atoms with van der Waals surface area (Å²) in [6, 6.07) is 6.22. The van der Waals surface area contributed by atoms with E-state index in [9.17, 15) is 14.7 Å². The molecule has 3 aromatic rings. The third-order valence-corrected chi connectivity index (χ3v) is 7.34. The maximum atomic E-state index is 13.2. The average molecular weight is 415 g/mol. The summed E-state index contributed by atoms with van der Waals surface area (Å²) in [5.41, 5.74) is 1.74. The Hall–Kier alpha value is -2.12. The molecule has 1 aromatic carbocycles. The Bertz CT molecular complexity index is 1100. The molecule has 1 atom stereocenters. The highest BCUT2D eigenvalue weighted by atomic mass is 32.2. The van der Waals surface area contributed by atoms with Gasteiger partial charge in [-0.3, -0.25) is 14.2 Å². The molecule has 7 heteroatoms. The van der Waals surface area contributed by atoms with E-state index < -0.39 is 0 Å². The third-order valence-electron chi connectivity index (χ3n) is 5.22. The molecule has 0 saturated heterocycles. The number of rotatable bonds is 5. The predicted molar refractivity (Wildman–Crippen MR) is 114 cm³/mol. The second-order valence-corrected chi connectivity index (χ2v) is 9.26. The van der Waals surface area contributed by atoms with Crippen LogP contribution in [-0.2, 0) is 19.4 Å². The monoisotopic (exact) mass is 414 g/mol. The van der Waals surface area contributed by atoms with E-state index in [4.69, 9.17) is 4.98 Å². The van der Waals surface area contributed by atoms with E-state index >= 15 is 0 Å². The number of aryl methyl sites for hydroxylation is 1. The SMILES string of the molecule is CCn1c(SCC(=O)c2ccc(O)cc2)nc2sc3c(c2c1=O)CC[C@@H](C)C3. The Kier molecular flexibility index (Phi) is 5.29. The Morgan fingerprint density at radius 3 is 2.82 bits per heavy atom. The molecule has 2 aromatic heterocycles. The van der Waals surface area contributed by atoms with Crippen molar-refractivity contribution in [2.24, 2.45) is 5.92 Å². The van der Waals surface area contributed by atoms with E-state index in [0.717, 1.165) is 29.5 Å². The van der Waals surface area contributed by atoms with Crippen molar-refractivity contribution in [1.29, 1.82) is 0 Å². The lowest BCUT2D eigenvalue weighted by Crippen LogP contribution is -2.23. The molecule has 5 nitrogen and oxygen atoms in total. The lowest BCUT2D eigenvalue weighted by atomic mass is 9.89. The van der Waals surface area contributed by atoms with Crippen molar-refractivity contribution in [2.45, 2.75) is 44.8 Å².